The molecule has 26 heavy (non-hydrogen) atoms. The molecule has 6 heteroatoms. The summed E-state index contributed by atoms with van der Waals surface area (Å²) in [6.45, 7) is 3.77. The quantitative estimate of drug-likeness (QED) is 0.760. The number of halogens is 1. The number of amides is 1. The van der Waals surface area contributed by atoms with Crippen LogP contribution in [0.4, 0.5) is 0 Å². The summed E-state index contributed by atoms with van der Waals surface area (Å²) in [5.74, 6) is -0.128. The summed E-state index contributed by atoms with van der Waals surface area (Å²) in [5, 5.41) is 3.39. The minimum Gasteiger partial charge on any atom is -0.451 e. The zero-order chi connectivity index (χ0) is 18.7. The molecule has 0 bridgehead atoms. The van der Waals surface area contributed by atoms with Crippen molar-refractivity contribution in [1.82, 2.24) is 5.32 Å². The van der Waals surface area contributed by atoms with E-state index in [1.54, 1.807) is 6.07 Å². The van der Waals surface area contributed by atoms with E-state index in [2.05, 4.69) is 12.2 Å². The molecule has 1 aliphatic carbocycles. The number of aryl methyl sites for hydroxylation is 1. The number of rotatable bonds is 5. The third-order valence-electron chi connectivity index (χ3n) is 4.61. The maximum Gasteiger partial charge on any atom is 0.348 e. The van der Waals surface area contributed by atoms with Crippen molar-refractivity contribution in [2.75, 3.05) is 6.61 Å². The first-order chi connectivity index (χ1) is 12.4. The van der Waals surface area contributed by atoms with Gasteiger partial charge in [0.25, 0.3) is 5.91 Å². The fourth-order valence-electron chi connectivity index (χ4n) is 3.20. The lowest BCUT2D eigenvalue weighted by Gasteiger charge is -2.16. The zero-order valence-corrected chi connectivity index (χ0v) is 16.5. The normalized spacial score (nSPS) is 17.3. The number of fused-ring (bicyclic) bond motifs is 1. The van der Waals surface area contributed by atoms with Gasteiger partial charge in [0.2, 0.25) is 0 Å². The fourth-order valence-corrected chi connectivity index (χ4v) is 4.60. The van der Waals surface area contributed by atoms with Crippen molar-refractivity contribution in [3.05, 3.63) is 56.2 Å². The largest absolute Gasteiger partial charge is 0.451 e. The van der Waals surface area contributed by atoms with Gasteiger partial charge in [0.05, 0.1) is 6.04 Å². The van der Waals surface area contributed by atoms with Crippen LogP contribution in [0.5, 0.6) is 0 Å². The second kappa shape index (κ2) is 8.23. The van der Waals surface area contributed by atoms with Gasteiger partial charge in [-0.25, -0.2) is 4.79 Å². The Morgan fingerprint density at radius 1 is 1.38 bits per heavy atom. The molecule has 2 atom stereocenters. The van der Waals surface area contributed by atoms with E-state index in [0.29, 0.717) is 15.8 Å². The maximum atomic E-state index is 12.2. The van der Waals surface area contributed by atoms with E-state index in [1.807, 2.05) is 31.2 Å². The number of thiophene rings is 1. The van der Waals surface area contributed by atoms with Crippen LogP contribution >= 0.6 is 22.9 Å². The SMILES string of the molecule is C[C@@H]1CCc2sc(C(=O)OCC(=O)N[C@@H](C)c3ccccc3Cl)cc2C1. The molecule has 0 aliphatic heterocycles. The molecule has 1 aromatic carbocycles. The van der Waals surface area contributed by atoms with E-state index in [-0.39, 0.29) is 18.6 Å². The van der Waals surface area contributed by atoms with E-state index in [4.69, 9.17) is 16.3 Å². The molecule has 1 N–H and O–H groups in total. The molecule has 0 saturated heterocycles. The number of carbonyl (C=O) groups is 2. The average molecular weight is 392 g/mol. The number of benzene rings is 1. The van der Waals surface area contributed by atoms with Crippen LogP contribution in [-0.4, -0.2) is 18.5 Å². The third kappa shape index (κ3) is 4.46. The molecule has 0 radical (unpaired) electrons. The van der Waals surface area contributed by atoms with Crippen molar-refractivity contribution in [1.29, 1.82) is 0 Å². The molecule has 1 aliphatic rings. The number of nitrogens with one attached hydrogen (secondary N) is 1. The third-order valence-corrected chi connectivity index (χ3v) is 6.18. The fraction of sp³-hybridized carbons (Fsp3) is 0.400. The van der Waals surface area contributed by atoms with Crippen LogP contribution < -0.4 is 5.32 Å². The van der Waals surface area contributed by atoms with Crippen LogP contribution in [0.1, 0.15) is 52.0 Å². The lowest BCUT2D eigenvalue weighted by molar-refractivity contribution is -0.124. The minimum absolute atomic E-state index is 0.259. The van der Waals surface area contributed by atoms with Crippen molar-refractivity contribution in [2.24, 2.45) is 5.92 Å². The number of carbonyl (C=O) groups excluding carboxylic acids is 2. The molecule has 1 amide bonds. The van der Waals surface area contributed by atoms with Crippen LogP contribution in [0.15, 0.2) is 30.3 Å². The first kappa shape index (κ1) is 18.9. The first-order valence-electron chi connectivity index (χ1n) is 8.76. The van der Waals surface area contributed by atoms with Gasteiger partial charge in [0.1, 0.15) is 4.88 Å². The summed E-state index contributed by atoms with van der Waals surface area (Å²) in [5.41, 5.74) is 2.08. The second-order valence-electron chi connectivity index (χ2n) is 6.79. The minimum atomic E-state index is -0.433. The Morgan fingerprint density at radius 2 is 2.15 bits per heavy atom. The highest BCUT2D eigenvalue weighted by molar-refractivity contribution is 7.14. The standard InChI is InChI=1S/C20H22ClNO3S/c1-12-7-8-17-14(9-12)10-18(26-17)20(24)25-11-19(23)22-13(2)15-5-3-4-6-16(15)21/h3-6,10,12-13H,7-9,11H2,1-2H3,(H,22,23)/t12-,13+/m1/s1. The Labute approximate surface area is 162 Å². The Balaban J connectivity index is 1.53. The van der Waals surface area contributed by atoms with Crippen molar-refractivity contribution < 1.29 is 14.3 Å². The first-order valence-corrected chi connectivity index (χ1v) is 9.96. The predicted molar refractivity (Wildman–Crippen MR) is 104 cm³/mol. The Morgan fingerprint density at radius 3 is 2.92 bits per heavy atom. The number of hydrogen-bond acceptors (Lipinski definition) is 4. The smallest absolute Gasteiger partial charge is 0.348 e. The molecule has 3 rings (SSSR count). The van der Waals surface area contributed by atoms with Crippen molar-refractivity contribution in [3.63, 3.8) is 0 Å². The second-order valence-corrected chi connectivity index (χ2v) is 8.34. The molecule has 138 valence electrons. The van der Waals surface area contributed by atoms with Gasteiger partial charge >= 0.3 is 5.97 Å². The van der Waals surface area contributed by atoms with Gasteiger partial charge in [-0.2, -0.15) is 0 Å². The molecule has 1 aromatic heterocycles. The summed E-state index contributed by atoms with van der Waals surface area (Å²) in [7, 11) is 0. The summed E-state index contributed by atoms with van der Waals surface area (Å²) in [4.78, 5) is 26.2. The van der Waals surface area contributed by atoms with E-state index < -0.39 is 5.97 Å². The molecular formula is C20H22ClNO3S. The zero-order valence-electron chi connectivity index (χ0n) is 14.9. The summed E-state index contributed by atoms with van der Waals surface area (Å²) < 4.78 is 5.19. The summed E-state index contributed by atoms with van der Waals surface area (Å²) in [6.07, 6.45) is 3.18. The molecule has 0 spiro atoms. The average Bonchev–Trinajstić information content (AvgIpc) is 3.03. The number of ether oxygens (including phenoxy) is 1. The summed E-state index contributed by atoms with van der Waals surface area (Å²) in [6, 6.07) is 9.00. The Kier molecular flexibility index (Phi) is 5.99. The number of esters is 1. The Bertz CT molecular complexity index is 817. The van der Waals surface area contributed by atoms with Gasteiger partial charge in [-0.3, -0.25) is 4.79 Å². The van der Waals surface area contributed by atoms with Gasteiger partial charge in [0.15, 0.2) is 6.61 Å². The molecule has 2 aromatic rings. The van der Waals surface area contributed by atoms with Crippen molar-refractivity contribution in [3.8, 4) is 0 Å². The molecule has 0 saturated carbocycles. The molecular weight excluding hydrogens is 370 g/mol. The lowest BCUT2D eigenvalue weighted by Crippen LogP contribution is -2.31. The molecule has 0 fully saturated rings. The highest BCUT2D eigenvalue weighted by Crippen LogP contribution is 2.32. The monoisotopic (exact) mass is 391 g/mol. The van der Waals surface area contributed by atoms with Gasteiger partial charge in [-0.05, 0) is 55.4 Å². The van der Waals surface area contributed by atoms with Gasteiger partial charge in [-0.1, -0.05) is 36.7 Å². The topological polar surface area (TPSA) is 55.4 Å². The van der Waals surface area contributed by atoms with E-state index in [0.717, 1.165) is 24.8 Å². The highest BCUT2D eigenvalue weighted by atomic mass is 35.5. The van der Waals surface area contributed by atoms with Crippen LogP contribution in [-0.2, 0) is 22.4 Å². The number of hydrogen-bond donors (Lipinski definition) is 1. The van der Waals surface area contributed by atoms with Crippen LogP contribution in [0.25, 0.3) is 0 Å². The molecule has 4 nitrogen and oxygen atoms in total. The van der Waals surface area contributed by atoms with Gasteiger partial charge in [-0.15, -0.1) is 11.3 Å². The van der Waals surface area contributed by atoms with Crippen molar-refractivity contribution >= 4 is 34.8 Å². The van der Waals surface area contributed by atoms with Gasteiger partial charge in [0, 0.05) is 9.90 Å². The summed E-state index contributed by atoms with van der Waals surface area (Å²) >= 11 is 7.62. The lowest BCUT2D eigenvalue weighted by atomic mass is 9.90. The van der Waals surface area contributed by atoms with Crippen LogP contribution in [0.3, 0.4) is 0 Å². The molecule has 1 heterocycles. The van der Waals surface area contributed by atoms with Crippen LogP contribution in [0, 0.1) is 5.92 Å². The van der Waals surface area contributed by atoms with E-state index in [9.17, 15) is 9.59 Å². The van der Waals surface area contributed by atoms with E-state index >= 15 is 0 Å². The maximum absolute atomic E-state index is 12.2. The van der Waals surface area contributed by atoms with Crippen LogP contribution in [0.2, 0.25) is 5.02 Å². The van der Waals surface area contributed by atoms with E-state index in [1.165, 1.54) is 21.8 Å². The van der Waals surface area contributed by atoms with Gasteiger partial charge < -0.3 is 10.1 Å². The highest BCUT2D eigenvalue weighted by Gasteiger charge is 2.22. The van der Waals surface area contributed by atoms with Crippen molar-refractivity contribution in [2.45, 2.75) is 39.2 Å². The molecule has 0 unspecified atom stereocenters. The Hall–Kier alpha value is -1.85. The predicted octanol–water partition coefficient (Wildman–Crippen LogP) is 4.56.